The maximum absolute atomic E-state index is 14.1. The quantitative estimate of drug-likeness (QED) is 0.161. The van der Waals surface area contributed by atoms with Gasteiger partial charge >= 0.3 is 0 Å². The molecule has 0 saturated heterocycles. The van der Waals surface area contributed by atoms with Crippen molar-refractivity contribution in [3.63, 3.8) is 0 Å². The van der Waals surface area contributed by atoms with Crippen molar-refractivity contribution in [1.82, 2.24) is 14.9 Å². The molecule has 0 aromatic heterocycles. The van der Waals surface area contributed by atoms with E-state index in [1.165, 1.54) is 0 Å². The number of aliphatic hydroxyl groups is 1. The van der Waals surface area contributed by atoms with Gasteiger partial charge in [0, 0.05) is 13.1 Å². The Kier molecular flexibility index (Phi) is 15.4. The minimum atomic E-state index is -4.40. The van der Waals surface area contributed by atoms with Crippen molar-refractivity contribution in [2.75, 3.05) is 32.2 Å². The molecule has 0 saturated carbocycles. The van der Waals surface area contributed by atoms with Crippen molar-refractivity contribution >= 4 is 31.7 Å². The van der Waals surface area contributed by atoms with Crippen LogP contribution < -0.4 is 21.1 Å². The van der Waals surface area contributed by atoms with E-state index in [1.807, 2.05) is 32.0 Å². The Morgan fingerprint density at radius 3 is 2.16 bits per heavy atom. The molecule has 45 heavy (non-hydrogen) atoms. The maximum Gasteiger partial charge on any atom is 0.260 e. The summed E-state index contributed by atoms with van der Waals surface area (Å²) >= 11 is 0. The fraction of sp³-hybridized carbons (Fsp3) is 0.548. The number of amides is 2. The van der Waals surface area contributed by atoms with E-state index >= 15 is 0 Å². The van der Waals surface area contributed by atoms with E-state index in [4.69, 9.17) is 10.5 Å². The van der Waals surface area contributed by atoms with E-state index in [0.717, 1.165) is 11.8 Å². The van der Waals surface area contributed by atoms with E-state index in [2.05, 4.69) is 10.6 Å². The van der Waals surface area contributed by atoms with Gasteiger partial charge in [-0.25, -0.2) is 21.1 Å². The molecule has 2 aromatic carbocycles. The number of ether oxygens (including phenoxy) is 1. The summed E-state index contributed by atoms with van der Waals surface area (Å²) in [6.07, 6.45) is 1.21. The number of hydrogen-bond donors (Lipinski definition) is 4. The highest BCUT2D eigenvalue weighted by Gasteiger charge is 2.42. The number of nitrogens with two attached hydrogens (primary N) is 1. The first-order valence-corrected chi connectivity index (χ1v) is 18.6. The molecule has 14 heteroatoms. The largest absolute Gasteiger partial charge is 0.497 e. The van der Waals surface area contributed by atoms with Gasteiger partial charge in [0.05, 0.1) is 43.1 Å². The number of sulfone groups is 1. The summed E-state index contributed by atoms with van der Waals surface area (Å²) in [5, 5.41) is 16.1. The van der Waals surface area contributed by atoms with Gasteiger partial charge in [-0.15, -0.1) is 0 Å². The number of carbonyl (C=O) groups excluding carboxylic acids is 2. The summed E-state index contributed by atoms with van der Waals surface area (Å²) in [7, 11) is -6.81. The van der Waals surface area contributed by atoms with Gasteiger partial charge in [-0.3, -0.25) is 9.59 Å². The number of methoxy groups -OCH3 is 1. The zero-order valence-electron chi connectivity index (χ0n) is 26.5. The maximum atomic E-state index is 14.1. The SMILES string of the molecule is CCCC(CCC)S(=O)(=O)CC(NC(=O)CN)C(=O)N([C@@H](Cc1ccccc1)[C@H](O)CNCc1cccc(OC)c1)S(C)(=O)=O. The van der Waals surface area contributed by atoms with Gasteiger partial charge in [0.2, 0.25) is 15.9 Å². The molecule has 0 spiro atoms. The topological polar surface area (TPSA) is 185 Å². The Bertz CT molecular complexity index is 1430. The van der Waals surface area contributed by atoms with Crippen LogP contribution in [0.25, 0.3) is 0 Å². The second-order valence-electron chi connectivity index (χ2n) is 11.1. The monoisotopic (exact) mass is 668 g/mol. The smallest absolute Gasteiger partial charge is 0.260 e. The van der Waals surface area contributed by atoms with Gasteiger partial charge in [-0.1, -0.05) is 69.2 Å². The van der Waals surface area contributed by atoms with Crippen LogP contribution in [0.1, 0.15) is 50.7 Å². The molecule has 0 fully saturated rings. The van der Waals surface area contributed by atoms with Crippen LogP contribution in [0.15, 0.2) is 54.6 Å². The molecule has 2 rings (SSSR count). The molecule has 0 bridgehead atoms. The number of carbonyl (C=O) groups is 2. The van der Waals surface area contributed by atoms with Crippen LogP contribution in [-0.4, -0.2) is 93.7 Å². The van der Waals surface area contributed by atoms with Crippen molar-refractivity contribution in [1.29, 1.82) is 0 Å². The summed E-state index contributed by atoms with van der Waals surface area (Å²) in [5.41, 5.74) is 6.96. The highest BCUT2D eigenvalue weighted by atomic mass is 32.2. The zero-order chi connectivity index (χ0) is 33.6. The van der Waals surface area contributed by atoms with Gasteiger partial charge in [0.1, 0.15) is 11.8 Å². The minimum Gasteiger partial charge on any atom is -0.497 e. The van der Waals surface area contributed by atoms with Gasteiger partial charge in [0.15, 0.2) is 9.84 Å². The van der Waals surface area contributed by atoms with Crippen LogP contribution in [0.4, 0.5) is 0 Å². The van der Waals surface area contributed by atoms with E-state index < -0.39 is 67.4 Å². The van der Waals surface area contributed by atoms with E-state index in [-0.39, 0.29) is 13.0 Å². The highest BCUT2D eigenvalue weighted by Crippen LogP contribution is 2.21. The second-order valence-corrected chi connectivity index (χ2v) is 15.2. The number of hydrogen-bond acceptors (Lipinski definition) is 10. The van der Waals surface area contributed by atoms with Crippen LogP contribution in [0.3, 0.4) is 0 Å². The lowest BCUT2D eigenvalue weighted by Crippen LogP contribution is -2.60. The predicted molar refractivity (Wildman–Crippen MR) is 175 cm³/mol. The average Bonchev–Trinajstić information content (AvgIpc) is 2.99. The summed E-state index contributed by atoms with van der Waals surface area (Å²) in [6.45, 7) is 3.35. The van der Waals surface area contributed by atoms with Crippen LogP contribution >= 0.6 is 0 Å². The van der Waals surface area contributed by atoms with Crippen LogP contribution in [-0.2, 0) is 42.4 Å². The van der Waals surface area contributed by atoms with Crippen molar-refractivity contribution < 1.29 is 36.3 Å². The Morgan fingerprint density at radius 2 is 1.60 bits per heavy atom. The highest BCUT2D eigenvalue weighted by molar-refractivity contribution is 7.92. The summed E-state index contributed by atoms with van der Waals surface area (Å²) in [5.74, 6) is -2.15. The molecule has 0 aliphatic carbocycles. The van der Waals surface area contributed by atoms with Crippen LogP contribution in [0.5, 0.6) is 5.75 Å². The molecular weight excluding hydrogens is 620 g/mol. The standard InChI is InChI=1S/C31H48N4O8S2/c1-5-11-26(12-6-2)45(41,42)22-27(34-30(37)19-32)31(38)35(44(4,39)40)28(18-23-13-8-7-9-14-23)29(36)21-33-20-24-15-10-16-25(17-24)43-3/h7-10,13-17,26-29,33,36H,5-6,11-12,18-22,32H2,1-4H3,(H,34,37)/t27?,28-,29+/m0/s1. The third-order valence-corrected chi connectivity index (χ3v) is 10.8. The molecule has 252 valence electrons. The Labute approximate surface area is 267 Å². The molecule has 0 aliphatic rings. The first-order chi connectivity index (χ1) is 21.3. The lowest BCUT2D eigenvalue weighted by molar-refractivity contribution is -0.134. The number of aliphatic hydroxyl groups excluding tert-OH is 1. The zero-order valence-corrected chi connectivity index (χ0v) is 28.1. The third kappa shape index (κ3) is 12.0. The molecule has 3 atom stereocenters. The van der Waals surface area contributed by atoms with Crippen LogP contribution in [0, 0.1) is 0 Å². The predicted octanol–water partition coefficient (Wildman–Crippen LogP) is 1.37. The Hall–Kier alpha value is -3.04. The average molecular weight is 669 g/mol. The van der Waals surface area contributed by atoms with Gasteiger partial charge in [-0.05, 0) is 42.5 Å². The Morgan fingerprint density at radius 1 is 0.978 bits per heavy atom. The first-order valence-electron chi connectivity index (χ1n) is 15.1. The van der Waals surface area contributed by atoms with Crippen molar-refractivity contribution in [2.45, 2.75) is 75.9 Å². The summed E-state index contributed by atoms with van der Waals surface area (Å²) < 4.78 is 59.4. The lowest BCUT2D eigenvalue weighted by atomic mass is 10.0. The summed E-state index contributed by atoms with van der Waals surface area (Å²) in [4.78, 5) is 26.5. The van der Waals surface area contributed by atoms with Crippen LogP contribution in [0.2, 0.25) is 0 Å². The number of benzene rings is 2. The molecule has 1 unspecified atom stereocenters. The molecular formula is C31H48N4O8S2. The second kappa shape index (κ2) is 18.2. The van der Waals surface area contributed by atoms with Gasteiger partial charge in [-0.2, -0.15) is 0 Å². The molecule has 5 N–H and O–H groups in total. The first kappa shape index (κ1) is 38.1. The van der Waals surface area contributed by atoms with E-state index in [9.17, 15) is 31.5 Å². The number of rotatable bonds is 20. The Balaban J connectivity index is 2.50. The van der Waals surface area contributed by atoms with Crippen molar-refractivity contribution in [2.24, 2.45) is 5.73 Å². The fourth-order valence-corrected chi connectivity index (χ4v) is 8.50. The molecule has 0 radical (unpaired) electrons. The van der Waals surface area contributed by atoms with Crippen molar-refractivity contribution in [3.05, 3.63) is 65.7 Å². The minimum absolute atomic E-state index is 0.0692. The number of sulfonamides is 1. The summed E-state index contributed by atoms with van der Waals surface area (Å²) in [6, 6.07) is 12.9. The molecule has 0 heterocycles. The fourth-order valence-electron chi connectivity index (χ4n) is 5.18. The number of nitrogens with one attached hydrogen (secondary N) is 2. The van der Waals surface area contributed by atoms with Gasteiger partial charge < -0.3 is 26.2 Å². The molecule has 12 nitrogen and oxygen atoms in total. The lowest BCUT2D eigenvalue weighted by Gasteiger charge is -2.36. The molecule has 2 amide bonds. The third-order valence-electron chi connectivity index (χ3n) is 7.37. The molecule has 2 aromatic rings. The van der Waals surface area contributed by atoms with Crippen molar-refractivity contribution in [3.8, 4) is 5.75 Å². The molecule has 0 aliphatic heterocycles. The van der Waals surface area contributed by atoms with Gasteiger partial charge in [0.25, 0.3) is 5.91 Å². The van der Waals surface area contributed by atoms with E-state index in [1.54, 1.807) is 43.5 Å². The number of nitrogens with zero attached hydrogens (tertiary/aromatic N) is 1. The van der Waals surface area contributed by atoms with E-state index in [0.29, 0.717) is 47.8 Å². The normalized spacial score (nSPS) is 14.0.